The molecule has 3 atom stereocenters. The lowest BCUT2D eigenvalue weighted by atomic mass is 9.71. The molecule has 0 saturated heterocycles. The molecule has 94 valence electrons. The van der Waals surface area contributed by atoms with Gasteiger partial charge in [-0.15, -0.1) is 0 Å². The van der Waals surface area contributed by atoms with Crippen molar-refractivity contribution in [2.24, 2.45) is 23.5 Å². The van der Waals surface area contributed by atoms with Gasteiger partial charge in [0.25, 0.3) is 0 Å². The molecule has 0 radical (unpaired) electrons. The van der Waals surface area contributed by atoms with E-state index in [1.807, 2.05) is 27.7 Å². The zero-order valence-corrected chi connectivity index (χ0v) is 11.8. The number of nitrogens with two attached hydrogens (primary N) is 1. The van der Waals surface area contributed by atoms with Gasteiger partial charge in [0.05, 0.1) is 0 Å². The van der Waals surface area contributed by atoms with Crippen LogP contribution in [0.15, 0.2) is 0 Å². The van der Waals surface area contributed by atoms with Crippen LogP contribution in [-0.2, 0) is 0 Å². The Hall–Kier alpha value is -0.0400. The Labute approximate surface area is 97.8 Å². The van der Waals surface area contributed by atoms with E-state index in [1.165, 1.54) is 25.7 Å². The number of hydrogen-bond donors (Lipinski definition) is 1. The summed E-state index contributed by atoms with van der Waals surface area (Å²) in [4.78, 5) is 0. The van der Waals surface area contributed by atoms with Crippen molar-refractivity contribution in [3.8, 4) is 0 Å². The first kappa shape index (κ1) is 17.4. The molecule has 1 rings (SSSR count). The average molecular weight is 215 g/mol. The van der Waals surface area contributed by atoms with Gasteiger partial charge in [0.1, 0.15) is 0 Å². The van der Waals surface area contributed by atoms with Gasteiger partial charge in [-0.2, -0.15) is 0 Å². The van der Waals surface area contributed by atoms with Crippen LogP contribution >= 0.6 is 0 Å². The lowest BCUT2D eigenvalue weighted by Gasteiger charge is -2.35. The molecular formula is C14H33N. The Morgan fingerprint density at radius 3 is 1.93 bits per heavy atom. The van der Waals surface area contributed by atoms with Crippen molar-refractivity contribution in [2.45, 2.75) is 67.2 Å². The molecular weight excluding hydrogens is 182 g/mol. The highest BCUT2D eigenvalue weighted by molar-refractivity contribution is 4.79. The Bertz CT molecular complexity index is 112. The van der Waals surface area contributed by atoms with Gasteiger partial charge >= 0.3 is 0 Å². The van der Waals surface area contributed by atoms with Crippen LogP contribution in [0.3, 0.4) is 0 Å². The fourth-order valence-electron chi connectivity index (χ4n) is 2.62. The third-order valence-electron chi connectivity index (χ3n) is 3.34. The first-order chi connectivity index (χ1) is 7.29. The first-order valence-electron chi connectivity index (χ1n) is 6.99. The van der Waals surface area contributed by atoms with Crippen molar-refractivity contribution < 1.29 is 0 Å². The van der Waals surface area contributed by atoms with Gasteiger partial charge in [-0.3, -0.25) is 0 Å². The maximum absolute atomic E-state index is 5.73. The average Bonchev–Trinajstić information content (AvgIpc) is 2.33. The third kappa shape index (κ3) is 6.19. The minimum absolute atomic E-state index is 0.823. The molecule has 0 aromatic heterocycles. The molecule has 0 aromatic rings. The molecule has 1 saturated carbocycles. The number of hydrogen-bond acceptors (Lipinski definition) is 1. The van der Waals surface area contributed by atoms with Gasteiger partial charge in [-0.1, -0.05) is 60.8 Å². The van der Waals surface area contributed by atoms with Crippen LogP contribution in [-0.4, -0.2) is 6.54 Å². The SMILES string of the molecule is CC.CC.CCC1C(C)CCCC1CN. The van der Waals surface area contributed by atoms with Crippen LogP contribution in [0.5, 0.6) is 0 Å². The van der Waals surface area contributed by atoms with Crippen LogP contribution in [0.25, 0.3) is 0 Å². The van der Waals surface area contributed by atoms with Crippen LogP contribution in [0.2, 0.25) is 0 Å². The second kappa shape index (κ2) is 12.0. The predicted octanol–water partition coefficient (Wildman–Crippen LogP) is 4.46. The fourth-order valence-corrected chi connectivity index (χ4v) is 2.62. The Kier molecular flexibility index (Phi) is 13.9. The predicted molar refractivity (Wildman–Crippen MR) is 72.0 cm³/mol. The fraction of sp³-hybridized carbons (Fsp3) is 1.00. The summed E-state index contributed by atoms with van der Waals surface area (Å²) in [5, 5.41) is 0. The van der Waals surface area contributed by atoms with E-state index in [2.05, 4.69) is 13.8 Å². The van der Waals surface area contributed by atoms with Gasteiger partial charge in [-0.25, -0.2) is 0 Å². The maximum Gasteiger partial charge on any atom is -0.00461 e. The van der Waals surface area contributed by atoms with Gasteiger partial charge < -0.3 is 5.73 Å². The highest BCUT2D eigenvalue weighted by Crippen LogP contribution is 2.35. The highest BCUT2D eigenvalue weighted by atomic mass is 14.6. The van der Waals surface area contributed by atoms with Gasteiger partial charge in [-0.05, 0) is 30.7 Å². The van der Waals surface area contributed by atoms with E-state index in [0.717, 1.165) is 24.3 Å². The van der Waals surface area contributed by atoms with Crippen LogP contribution < -0.4 is 5.73 Å². The third-order valence-corrected chi connectivity index (χ3v) is 3.34. The van der Waals surface area contributed by atoms with Crippen LogP contribution in [0.1, 0.15) is 67.2 Å². The number of rotatable bonds is 2. The summed E-state index contributed by atoms with van der Waals surface area (Å²) >= 11 is 0. The van der Waals surface area contributed by atoms with E-state index >= 15 is 0 Å². The summed E-state index contributed by atoms with van der Waals surface area (Å²) in [5.41, 5.74) is 5.73. The zero-order valence-electron chi connectivity index (χ0n) is 11.8. The van der Waals surface area contributed by atoms with Gasteiger partial charge in [0.15, 0.2) is 0 Å². The smallest absolute Gasteiger partial charge is 0.00461 e. The maximum atomic E-state index is 5.73. The minimum Gasteiger partial charge on any atom is -0.330 e. The molecule has 0 spiro atoms. The molecule has 15 heavy (non-hydrogen) atoms. The molecule has 1 aliphatic carbocycles. The second-order valence-corrected chi connectivity index (χ2v) is 3.98. The van der Waals surface area contributed by atoms with E-state index in [9.17, 15) is 0 Å². The van der Waals surface area contributed by atoms with Crippen molar-refractivity contribution in [2.75, 3.05) is 6.54 Å². The van der Waals surface area contributed by atoms with Crippen molar-refractivity contribution in [1.29, 1.82) is 0 Å². The molecule has 3 unspecified atom stereocenters. The summed E-state index contributed by atoms with van der Waals surface area (Å²) in [5.74, 6) is 2.65. The van der Waals surface area contributed by atoms with E-state index in [1.54, 1.807) is 0 Å². The normalized spacial score (nSPS) is 29.4. The molecule has 1 aliphatic rings. The van der Waals surface area contributed by atoms with Crippen molar-refractivity contribution >= 4 is 0 Å². The Morgan fingerprint density at radius 1 is 1.07 bits per heavy atom. The highest BCUT2D eigenvalue weighted by Gasteiger charge is 2.27. The lowest BCUT2D eigenvalue weighted by Crippen LogP contribution is -2.31. The first-order valence-corrected chi connectivity index (χ1v) is 6.99. The molecule has 0 amide bonds. The Balaban J connectivity index is 0. The monoisotopic (exact) mass is 215 g/mol. The van der Waals surface area contributed by atoms with Gasteiger partial charge in [0.2, 0.25) is 0 Å². The van der Waals surface area contributed by atoms with Crippen molar-refractivity contribution in [1.82, 2.24) is 0 Å². The standard InChI is InChI=1S/C10H21N.2C2H6/c1-3-10-8(2)5-4-6-9(10)7-11;2*1-2/h8-10H,3-7,11H2,1-2H3;2*1-2H3. The molecule has 0 bridgehead atoms. The minimum atomic E-state index is 0.823. The van der Waals surface area contributed by atoms with E-state index in [-0.39, 0.29) is 0 Å². The molecule has 1 nitrogen and oxygen atoms in total. The van der Waals surface area contributed by atoms with Crippen LogP contribution in [0, 0.1) is 17.8 Å². The topological polar surface area (TPSA) is 26.0 Å². The zero-order chi connectivity index (χ0) is 12.3. The van der Waals surface area contributed by atoms with E-state index in [4.69, 9.17) is 5.73 Å². The van der Waals surface area contributed by atoms with E-state index in [0.29, 0.717) is 0 Å². The summed E-state index contributed by atoms with van der Waals surface area (Å²) in [6, 6.07) is 0. The molecule has 2 N–H and O–H groups in total. The molecule has 0 aromatic carbocycles. The lowest BCUT2D eigenvalue weighted by molar-refractivity contribution is 0.165. The van der Waals surface area contributed by atoms with Crippen molar-refractivity contribution in [3.05, 3.63) is 0 Å². The molecule has 1 fully saturated rings. The molecule has 1 heteroatoms. The summed E-state index contributed by atoms with van der Waals surface area (Å²) in [6.45, 7) is 13.6. The summed E-state index contributed by atoms with van der Waals surface area (Å²) in [7, 11) is 0. The van der Waals surface area contributed by atoms with Gasteiger partial charge in [0, 0.05) is 0 Å². The Morgan fingerprint density at radius 2 is 1.60 bits per heavy atom. The van der Waals surface area contributed by atoms with E-state index < -0.39 is 0 Å². The van der Waals surface area contributed by atoms with Crippen molar-refractivity contribution in [3.63, 3.8) is 0 Å². The quantitative estimate of drug-likeness (QED) is 0.723. The van der Waals surface area contributed by atoms with Crippen LogP contribution in [0.4, 0.5) is 0 Å². The largest absolute Gasteiger partial charge is 0.330 e. The molecule has 0 heterocycles. The molecule has 0 aliphatic heterocycles. The second-order valence-electron chi connectivity index (χ2n) is 3.98. The summed E-state index contributed by atoms with van der Waals surface area (Å²) < 4.78 is 0. The summed E-state index contributed by atoms with van der Waals surface area (Å²) in [6.07, 6.45) is 5.52.